The molecule has 13 heavy (non-hydrogen) atoms. The smallest absolute Gasteiger partial charge is 0.00727 e. The van der Waals surface area contributed by atoms with E-state index in [9.17, 15) is 0 Å². The Morgan fingerprint density at radius 2 is 2.23 bits per heavy atom. The number of hydrogen-bond acceptors (Lipinski definition) is 1. The topological polar surface area (TPSA) is 26.0 Å². The first-order valence-electron chi connectivity index (χ1n) is 5.51. The standard InChI is InChI=1S/C12H23N/c1-9(2)7-8-12(13)11-6-4-5-10(11)3/h10-12H,1,4-8,13H2,2-3H3. The summed E-state index contributed by atoms with van der Waals surface area (Å²) >= 11 is 0. The minimum atomic E-state index is 0.411. The highest BCUT2D eigenvalue weighted by Crippen LogP contribution is 2.34. The van der Waals surface area contributed by atoms with E-state index in [1.54, 1.807) is 0 Å². The third-order valence-corrected chi connectivity index (χ3v) is 3.38. The molecule has 0 aromatic heterocycles. The van der Waals surface area contributed by atoms with Gasteiger partial charge in [0.15, 0.2) is 0 Å². The summed E-state index contributed by atoms with van der Waals surface area (Å²) in [7, 11) is 0. The fourth-order valence-electron chi connectivity index (χ4n) is 2.44. The van der Waals surface area contributed by atoms with Gasteiger partial charge < -0.3 is 5.73 Å². The van der Waals surface area contributed by atoms with Crippen molar-refractivity contribution in [2.75, 3.05) is 0 Å². The monoisotopic (exact) mass is 181 g/mol. The van der Waals surface area contributed by atoms with Gasteiger partial charge in [0.1, 0.15) is 0 Å². The summed E-state index contributed by atoms with van der Waals surface area (Å²) in [6.45, 7) is 8.35. The van der Waals surface area contributed by atoms with E-state index in [0.29, 0.717) is 6.04 Å². The second-order valence-corrected chi connectivity index (χ2v) is 4.73. The van der Waals surface area contributed by atoms with E-state index in [1.807, 2.05) is 0 Å². The van der Waals surface area contributed by atoms with Crippen molar-refractivity contribution in [3.63, 3.8) is 0 Å². The molecule has 0 aromatic rings. The van der Waals surface area contributed by atoms with Crippen molar-refractivity contribution in [2.45, 2.75) is 52.0 Å². The molecule has 1 aliphatic carbocycles. The lowest BCUT2D eigenvalue weighted by molar-refractivity contribution is 0.331. The Morgan fingerprint density at radius 3 is 2.69 bits per heavy atom. The predicted octanol–water partition coefficient (Wildman–Crippen LogP) is 3.11. The van der Waals surface area contributed by atoms with Gasteiger partial charge >= 0.3 is 0 Å². The molecule has 1 fully saturated rings. The molecule has 2 N–H and O–H groups in total. The minimum absolute atomic E-state index is 0.411. The summed E-state index contributed by atoms with van der Waals surface area (Å²) in [5.74, 6) is 1.62. The molecule has 0 aliphatic heterocycles. The Balaban J connectivity index is 2.29. The van der Waals surface area contributed by atoms with Crippen LogP contribution in [0.5, 0.6) is 0 Å². The van der Waals surface area contributed by atoms with Gasteiger partial charge in [0.2, 0.25) is 0 Å². The van der Waals surface area contributed by atoms with Crippen LogP contribution in [0.3, 0.4) is 0 Å². The highest BCUT2D eigenvalue weighted by molar-refractivity contribution is 4.91. The molecule has 1 saturated carbocycles. The fraction of sp³-hybridized carbons (Fsp3) is 0.833. The zero-order valence-corrected chi connectivity index (χ0v) is 9.05. The highest BCUT2D eigenvalue weighted by atomic mass is 14.7. The van der Waals surface area contributed by atoms with Gasteiger partial charge in [-0.1, -0.05) is 25.3 Å². The third-order valence-electron chi connectivity index (χ3n) is 3.38. The lowest BCUT2D eigenvalue weighted by atomic mass is 9.87. The summed E-state index contributed by atoms with van der Waals surface area (Å²) in [6.07, 6.45) is 6.34. The van der Waals surface area contributed by atoms with Gasteiger partial charge in [-0.3, -0.25) is 0 Å². The van der Waals surface area contributed by atoms with Gasteiger partial charge in [0.05, 0.1) is 0 Å². The second-order valence-electron chi connectivity index (χ2n) is 4.73. The van der Waals surface area contributed by atoms with Crippen molar-refractivity contribution in [2.24, 2.45) is 17.6 Å². The predicted molar refractivity (Wildman–Crippen MR) is 58.5 cm³/mol. The maximum absolute atomic E-state index is 6.18. The number of rotatable bonds is 4. The van der Waals surface area contributed by atoms with E-state index in [2.05, 4.69) is 20.4 Å². The van der Waals surface area contributed by atoms with Crippen molar-refractivity contribution in [3.8, 4) is 0 Å². The Bertz CT molecular complexity index is 174. The van der Waals surface area contributed by atoms with Crippen LogP contribution in [-0.2, 0) is 0 Å². The maximum Gasteiger partial charge on any atom is 0.00727 e. The van der Waals surface area contributed by atoms with Crippen LogP contribution in [0.1, 0.15) is 46.0 Å². The maximum atomic E-state index is 6.18. The van der Waals surface area contributed by atoms with Gasteiger partial charge in [-0.15, -0.1) is 6.58 Å². The zero-order valence-electron chi connectivity index (χ0n) is 9.05. The van der Waals surface area contributed by atoms with Crippen molar-refractivity contribution in [1.29, 1.82) is 0 Å². The molecule has 0 heterocycles. The van der Waals surface area contributed by atoms with Crippen molar-refractivity contribution in [1.82, 2.24) is 0 Å². The molecule has 76 valence electrons. The van der Waals surface area contributed by atoms with E-state index < -0.39 is 0 Å². The van der Waals surface area contributed by atoms with Gasteiger partial charge in [-0.2, -0.15) is 0 Å². The van der Waals surface area contributed by atoms with Gasteiger partial charge in [-0.25, -0.2) is 0 Å². The molecular weight excluding hydrogens is 158 g/mol. The Morgan fingerprint density at radius 1 is 1.54 bits per heavy atom. The molecule has 0 aromatic carbocycles. The van der Waals surface area contributed by atoms with Gasteiger partial charge in [-0.05, 0) is 38.0 Å². The van der Waals surface area contributed by atoms with E-state index >= 15 is 0 Å². The summed E-state index contributed by atoms with van der Waals surface area (Å²) < 4.78 is 0. The average molecular weight is 181 g/mol. The van der Waals surface area contributed by atoms with Crippen LogP contribution in [-0.4, -0.2) is 6.04 Å². The normalized spacial score (nSPS) is 30.4. The Hall–Kier alpha value is -0.300. The first-order valence-corrected chi connectivity index (χ1v) is 5.51. The first kappa shape index (κ1) is 10.8. The number of allylic oxidation sites excluding steroid dienone is 1. The zero-order chi connectivity index (χ0) is 9.84. The van der Waals surface area contributed by atoms with E-state index in [-0.39, 0.29) is 0 Å². The fourth-order valence-corrected chi connectivity index (χ4v) is 2.44. The van der Waals surface area contributed by atoms with Crippen LogP contribution in [0.2, 0.25) is 0 Å². The third kappa shape index (κ3) is 3.15. The van der Waals surface area contributed by atoms with Crippen LogP contribution in [0, 0.1) is 11.8 Å². The molecule has 0 spiro atoms. The second kappa shape index (κ2) is 4.80. The highest BCUT2D eigenvalue weighted by Gasteiger charge is 2.28. The summed E-state index contributed by atoms with van der Waals surface area (Å²) in [5, 5.41) is 0. The molecule has 1 aliphatic rings. The lowest BCUT2D eigenvalue weighted by Crippen LogP contribution is -2.31. The Kier molecular flexibility index (Phi) is 3.98. The van der Waals surface area contributed by atoms with Crippen LogP contribution >= 0.6 is 0 Å². The van der Waals surface area contributed by atoms with Crippen molar-refractivity contribution < 1.29 is 0 Å². The quantitative estimate of drug-likeness (QED) is 0.663. The molecule has 1 nitrogen and oxygen atoms in total. The van der Waals surface area contributed by atoms with E-state index in [1.165, 1.54) is 24.8 Å². The minimum Gasteiger partial charge on any atom is -0.327 e. The van der Waals surface area contributed by atoms with Crippen molar-refractivity contribution >= 4 is 0 Å². The largest absolute Gasteiger partial charge is 0.327 e. The molecule has 3 atom stereocenters. The average Bonchev–Trinajstić information content (AvgIpc) is 2.47. The SMILES string of the molecule is C=C(C)CCC(N)C1CCCC1C. The molecule has 0 bridgehead atoms. The van der Waals surface area contributed by atoms with Gasteiger partial charge in [0, 0.05) is 6.04 Å². The molecule has 0 saturated heterocycles. The molecule has 1 rings (SSSR count). The number of nitrogens with two attached hydrogens (primary N) is 1. The Labute approximate surface area is 82.4 Å². The number of hydrogen-bond donors (Lipinski definition) is 1. The summed E-state index contributed by atoms with van der Waals surface area (Å²) in [5.41, 5.74) is 7.44. The van der Waals surface area contributed by atoms with Crippen LogP contribution in [0.4, 0.5) is 0 Å². The lowest BCUT2D eigenvalue weighted by Gasteiger charge is -2.23. The van der Waals surface area contributed by atoms with Crippen LogP contribution < -0.4 is 5.73 Å². The summed E-state index contributed by atoms with van der Waals surface area (Å²) in [4.78, 5) is 0. The summed E-state index contributed by atoms with van der Waals surface area (Å²) in [6, 6.07) is 0.411. The molecular formula is C12H23N. The van der Waals surface area contributed by atoms with Gasteiger partial charge in [0.25, 0.3) is 0 Å². The molecule has 0 amide bonds. The first-order chi connectivity index (χ1) is 6.11. The molecule has 3 unspecified atom stereocenters. The van der Waals surface area contributed by atoms with E-state index in [4.69, 9.17) is 5.73 Å². The molecule has 0 radical (unpaired) electrons. The molecule has 1 heteroatoms. The van der Waals surface area contributed by atoms with Crippen LogP contribution in [0.15, 0.2) is 12.2 Å². The van der Waals surface area contributed by atoms with E-state index in [0.717, 1.165) is 24.7 Å². The van der Waals surface area contributed by atoms with Crippen molar-refractivity contribution in [3.05, 3.63) is 12.2 Å². The van der Waals surface area contributed by atoms with Crippen LogP contribution in [0.25, 0.3) is 0 Å².